The van der Waals surface area contributed by atoms with Crippen molar-refractivity contribution in [3.05, 3.63) is 86.3 Å². The number of anilines is 1. The molecule has 1 saturated carbocycles. The summed E-state index contributed by atoms with van der Waals surface area (Å²) in [4.78, 5) is 28.6. The standard InChI is InChI=1S/C29H36N4O2/c1-18-13-19(2)32-29(35)26(18)17-31-28(34)25-14-23(22-11-9-21(10-12-22)16-30-4)15-27(20(25)3)33-24-7-5-6-8-24/h9-15,24,30,33H,5-8,16-17H2,1-4H3,(H,31,34)(H,32,35). The zero-order chi connectivity index (χ0) is 24.9. The second-order valence-corrected chi connectivity index (χ2v) is 9.68. The van der Waals surface area contributed by atoms with Gasteiger partial charge < -0.3 is 20.9 Å². The van der Waals surface area contributed by atoms with Gasteiger partial charge in [0.05, 0.1) is 0 Å². The number of pyridine rings is 1. The molecule has 0 bridgehead atoms. The molecule has 1 aliphatic rings. The molecule has 0 radical (unpaired) electrons. The predicted molar refractivity (Wildman–Crippen MR) is 143 cm³/mol. The van der Waals surface area contributed by atoms with E-state index in [4.69, 9.17) is 0 Å². The SMILES string of the molecule is CNCc1ccc(-c2cc(NC3CCCC3)c(C)c(C(=O)NCc3c(C)cc(C)[nH]c3=O)c2)cc1. The van der Waals surface area contributed by atoms with Crippen LogP contribution < -0.4 is 21.5 Å². The highest BCUT2D eigenvalue weighted by atomic mass is 16.1. The van der Waals surface area contributed by atoms with Gasteiger partial charge in [-0.05, 0) is 86.7 Å². The van der Waals surface area contributed by atoms with E-state index in [1.807, 2.05) is 40.0 Å². The largest absolute Gasteiger partial charge is 0.382 e. The lowest BCUT2D eigenvalue weighted by atomic mass is 9.96. The van der Waals surface area contributed by atoms with E-state index >= 15 is 0 Å². The predicted octanol–water partition coefficient (Wildman–Crippen LogP) is 4.97. The highest BCUT2D eigenvalue weighted by Gasteiger charge is 2.20. The summed E-state index contributed by atoms with van der Waals surface area (Å²) in [5.41, 5.74) is 7.97. The smallest absolute Gasteiger partial charge is 0.253 e. The van der Waals surface area contributed by atoms with E-state index in [1.54, 1.807) is 0 Å². The monoisotopic (exact) mass is 472 g/mol. The maximum atomic E-state index is 13.4. The Morgan fingerprint density at radius 3 is 2.34 bits per heavy atom. The molecule has 4 rings (SSSR count). The van der Waals surface area contributed by atoms with Gasteiger partial charge in [0.25, 0.3) is 11.5 Å². The van der Waals surface area contributed by atoms with Crippen molar-refractivity contribution in [1.29, 1.82) is 0 Å². The van der Waals surface area contributed by atoms with Crippen LogP contribution in [0, 0.1) is 20.8 Å². The van der Waals surface area contributed by atoms with Gasteiger partial charge in [0, 0.05) is 41.6 Å². The molecule has 3 aromatic rings. The lowest BCUT2D eigenvalue weighted by molar-refractivity contribution is 0.0950. The Kier molecular flexibility index (Phi) is 7.71. The third kappa shape index (κ3) is 5.82. The first-order valence-electron chi connectivity index (χ1n) is 12.5. The number of hydrogen-bond donors (Lipinski definition) is 4. The number of aromatic amines is 1. The summed E-state index contributed by atoms with van der Waals surface area (Å²) in [6.07, 6.45) is 4.78. The summed E-state index contributed by atoms with van der Waals surface area (Å²) in [5, 5.41) is 9.86. The average molecular weight is 473 g/mol. The van der Waals surface area contributed by atoms with E-state index in [0.717, 1.165) is 53.0 Å². The highest BCUT2D eigenvalue weighted by molar-refractivity contribution is 5.98. The van der Waals surface area contributed by atoms with E-state index in [0.29, 0.717) is 17.2 Å². The number of H-pyrrole nitrogens is 1. The Labute approximate surface area is 207 Å². The summed E-state index contributed by atoms with van der Waals surface area (Å²) in [6.45, 7) is 6.75. The minimum absolute atomic E-state index is 0.154. The molecule has 35 heavy (non-hydrogen) atoms. The summed E-state index contributed by atoms with van der Waals surface area (Å²) in [7, 11) is 1.94. The number of nitrogens with one attached hydrogen (secondary N) is 4. The van der Waals surface area contributed by atoms with E-state index < -0.39 is 0 Å². The van der Waals surface area contributed by atoms with Crippen molar-refractivity contribution in [2.45, 2.75) is 65.6 Å². The van der Waals surface area contributed by atoms with Crippen molar-refractivity contribution in [3.8, 4) is 11.1 Å². The molecule has 4 N–H and O–H groups in total. The summed E-state index contributed by atoms with van der Waals surface area (Å²) >= 11 is 0. The fourth-order valence-electron chi connectivity index (χ4n) is 4.94. The molecule has 0 aliphatic heterocycles. The van der Waals surface area contributed by atoms with Crippen LogP contribution in [0.2, 0.25) is 0 Å². The maximum absolute atomic E-state index is 13.4. The van der Waals surface area contributed by atoms with Crippen LogP contribution in [0.25, 0.3) is 11.1 Å². The molecule has 1 aliphatic carbocycles. The first-order chi connectivity index (χ1) is 16.9. The molecule has 6 heteroatoms. The Hall–Kier alpha value is -3.38. The number of carbonyl (C=O) groups excluding carboxylic acids is 1. The van der Waals surface area contributed by atoms with Crippen LogP contribution in [0.5, 0.6) is 0 Å². The maximum Gasteiger partial charge on any atom is 0.253 e. The van der Waals surface area contributed by atoms with Gasteiger partial charge in [-0.1, -0.05) is 37.1 Å². The topological polar surface area (TPSA) is 86.0 Å². The van der Waals surface area contributed by atoms with E-state index in [1.165, 1.54) is 18.4 Å². The first kappa shape index (κ1) is 24.7. The molecule has 1 aromatic heterocycles. The van der Waals surface area contributed by atoms with Gasteiger partial charge in [-0.3, -0.25) is 9.59 Å². The second-order valence-electron chi connectivity index (χ2n) is 9.68. The molecular weight excluding hydrogens is 436 g/mol. The Morgan fingerprint density at radius 1 is 0.971 bits per heavy atom. The molecule has 0 atom stereocenters. The third-order valence-corrected chi connectivity index (χ3v) is 6.95. The van der Waals surface area contributed by atoms with Gasteiger partial charge >= 0.3 is 0 Å². The lowest BCUT2D eigenvalue weighted by Crippen LogP contribution is -2.28. The number of aromatic nitrogens is 1. The van der Waals surface area contributed by atoms with Crippen LogP contribution in [0.1, 0.15) is 64.0 Å². The second kappa shape index (κ2) is 10.9. The van der Waals surface area contributed by atoms with E-state index in [-0.39, 0.29) is 18.0 Å². The van der Waals surface area contributed by atoms with Crippen LogP contribution in [0.4, 0.5) is 5.69 Å². The molecule has 184 valence electrons. The number of benzene rings is 2. The Balaban J connectivity index is 1.65. The van der Waals surface area contributed by atoms with Crippen molar-refractivity contribution >= 4 is 11.6 Å². The number of amides is 1. The molecule has 1 fully saturated rings. The zero-order valence-electron chi connectivity index (χ0n) is 21.2. The molecule has 6 nitrogen and oxygen atoms in total. The zero-order valence-corrected chi connectivity index (χ0v) is 21.2. The van der Waals surface area contributed by atoms with Crippen molar-refractivity contribution in [3.63, 3.8) is 0 Å². The number of rotatable bonds is 8. The van der Waals surface area contributed by atoms with Crippen molar-refractivity contribution in [1.82, 2.24) is 15.6 Å². The minimum atomic E-state index is -0.176. The van der Waals surface area contributed by atoms with Gasteiger partial charge in [-0.25, -0.2) is 0 Å². The van der Waals surface area contributed by atoms with E-state index in [9.17, 15) is 9.59 Å². The number of aryl methyl sites for hydroxylation is 2. The molecule has 2 aromatic carbocycles. The van der Waals surface area contributed by atoms with Crippen LogP contribution in [0.15, 0.2) is 47.3 Å². The van der Waals surface area contributed by atoms with Crippen LogP contribution >= 0.6 is 0 Å². The molecule has 0 unspecified atom stereocenters. The van der Waals surface area contributed by atoms with Crippen molar-refractivity contribution in [2.75, 3.05) is 12.4 Å². The average Bonchev–Trinajstić information content (AvgIpc) is 3.33. The van der Waals surface area contributed by atoms with Crippen LogP contribution in [-0.4, -0.2) is 24.0 Å². The Bertz CT molecular complexity index is 1250. The van der Waals surface area contributed by atoms with Gasteiger partial charge in [0.15, 0.2) is 0 Å². The molecule has 0 saturated heterocycles. The van der Waals surface area contributed by atoms with Gasteiger partial charge in [0.2, 0.25) is 0 Å². The minimum Gasteiger partial charge on any atom is -0.382 e. The lowest BCUT2D eigenvalue weighted by Gasteiger charge is -2.20. The molecule has 1 amide bonds. The third-order valence-electron chi connectivity index (χ3n) is 6.95. The van der Waals surface area contributed by atoms with Crippen LogP contribution in [0.3, 0.4) is 0 Å². The highest BCUT2D eigenvalue weighted by Crippen LogP contribution is 2.31. The first-order valence-corrected chi connectivity index (χ1v) is 12.5. The number of carbonyl (C=O) groups is 1. The summed E-state index contributed by atoms with van der Waals surface area (Å²) < 4.78 is 0. The van der Waals surface area contributed by atoms with E-state index in [2.05, 4.69) is 51.3 Å². The number of hydrogen-bond acceptors (Lipinski definition) is 4. The Morgan fingerprint density at radius 2 is 1.69 bits per heavy atom. The van der Waals surface area contributed by atoms with Crippen molar-refractivity contribution in [2.24, 2.45) is 0 Å². The van der Waals surface area contributed by atoms with Crippen molar-refractivity contribution < 1.29 is 4.79 Å². The molecular formula is C29H36N4O2. The summed E-state index contributed by atoms with van der Waals surface area (Å²) in [5.74, 6) is -0.176. The van der Waals surface area contributed by atoms with Crippen LogP contribution in [-0.2, 0) is 13.1 Å². The van der Waals surface area contributed by atoms with Gasteiger partial charge in [-0.15, -0.1) is 0 Å². The van der Waals surface area contributed by atoms with Gasteiger partial charge in [-0.2, -0.15) is 0 Å². The fourth-order valence-corrected chi connectivity index (χ4v) is 4.94. The quantitative estimate of drug-likeness (QED) is 0.373. The summed E-state index contributed by atoms with van der Waals surface area (Å²) in [6, 6.07) is 14.9. The molecule has 0 spiro atoms. The normalized spacial score (nSPS) is 13.7. The molecule has 1 heterocycles. The fraction of sp³-hybridized carbons (Fsp3) is 0.379. The van der Waals surface area contributed by atoms with Gasteiger partial charge in [0.1, 0.15) is 0 Å².